The molecule has 0 fully saturated rings. The normalized spacial score (nSPS) is 12.7. The molecule has 1 amide bonds. The van der Waals surface area contributed by atoms with Gasteiger partial charge in [-0.3, -0.25) is 4.79 Å². The fourth-order valence-electron chi connectivity index (χ4n) is 3.40. The van der Waals surface area contributed by atoms with Gasteiger partial charge in [-0.2, -0.15) is 31.3 Å². The van der Waals surface area contributed by atoms with Crippen LogP contribution in [0.25, 0.3) is 34.5 Å². The molecular weight excluding hydrogens is 540 g/mol. The predicted octanol–water partition coefficient (Wildman–Crippen LogP) is 5.55. The van der Waals surface area contributed by atoms with Gasteiger partial charge in [-0.05, 0) is 24.3 Å². The summed E-state index contributed by atoms with van der Waals surface area (Å²) < 4.78 is 79.7. The maximum atomic E-state index is 13.1. The number of benzene rings is 2. The van der Waals surface area contributed by atoms with Crippen molar-refractivity contribution < 1.29 is 31.1 Å². The van der Waals surface area contributed by atoms with Crippen LogP contribution in [0.15, 0.2) is 72.2 Å². The van der Waals surface area contributed by atoms with Crippen LogP contribution in [0.4, 0.5) is 26.3 Å². The predicted molar refractivity (Wildman–Crippen MR) is 134 cm³/mol. The number of amides is 1. The average Bonchev–Trinajstić information content (AvgIpc) is 3.34. The summed E-state index contributed by atoms with van der Waals surface area (Å²) in [4.78, 5) is 30.6. The molecule has 40 heavy (non-hydrogen) atoms. The minimum atomic E-state index is -4.57. The Hall–Kier alpha value is -4.88. The van der Waals surface area contributed by atoms with Gasteiger partial charge in [0.1, 0.15) is 6.33 Å². The summed E-state index contributed by atoms with van der Waals surface area (Å²) in [5, 5.41) is 4.33. The molecule has 0 N–H and O–H groups in total. The zero-order chi connectivity index (χ0) is 29.1. The van der Waals surface area contributed by atoms with Gasteiger partial charge in [-0.25, -0.2) is 19.6 Å². The number of carbonyl (C=O) groups excluding carboxylic acids is 1. The Kier molecular flexibility index (Phi) is 7.79. The molecule has 4 rings (SSSR count). The minimum absolute atomic E-state index is 0.0161. The Morgan fingerprint density at radius 3 is 1.88 bits per heavy atom. The third-order valence-electron chi connectivity index (χ3n) is 5.33. The van der Waals surface area contributed by atoms with E-state index in [-0.39, 0.29) is 33.9 Å². The fourth-order valence-corrected chi connectivity index (χ4v) is 3.40. The van der Waals surface area contributed by atoms with E-state index in [0.717, 1.165) is 28.9 Å². The molecule has 2 aromatic heterocycles. The van der Waals surface area contributed by atoms with Crippen LogP contribution < -0.4 is 0 Å². The number of alkyl halides is 6. The highest BCUT2D eigenvalue weighted by molar-refractivity contribution is 6.24. The van der Waals surface area contributed by atoms with Gasteiger partial charge in [0.2, 0.25) is 0 Å². The minimum Gasteiger partial charge on any atom is -0.369 e. The molecule has 0 spiro atoms. The maximum absolute atomic E-state index is 13.1. The van der Waals surface area contributed by atoms with Crippen molar-refractivity contribution in [3.05, 3.63) is 83.9 Å². The molecule has 2 heterocycles. The number of rotatable bonds is 6. The smallest absolute Gasteiger partial charge is 0.369 e. The van der Waals surface area contributed by atoms with Crippen molar-refractivity contribution in [2.45, 2.75) is 12.4 Å². The highest BCUT2D eigenvalue weighted by atomic mass is 19.4. The van der Waals surface area contributed by atoms with E-state index in [2.05, 4.69) is 25.0 Å². The molecule has 2 aromatic carbocycles. The van der Waals surface area contributed by atoms with Crippen molar-refractivity contribution in [2.24, 2.45) is 4.99 Å². The van der Waals surface area contributed by atoms with Crippen LogP contribution in [-0.4, -0.2) is 56.0 Å². The molecule has 14 heteroatoms. The molecule has 0 aliphatic heterocycles. The summed E-state index contributed by atoms with van der Waals surface area (Å²) in [6.45, 7) is 0. The van der Waals surface area contributed by atoms with Crippen LogP contribution in [0, 0.1) is 0 Å². The molecule has 206 valence electrons. The van der Waals surface area contributed by atoms with E-state index in [1.54, 1.807) is 14.1 Å². The molecule has 8 nitrogen and oxygen atoms in total. The summed E-state index contributed by atoms with van der Waals surface area (Å²) in [6, 6.07) is 8.10. The molecule has 0 aliphatic carbocycles. The summed E-state index contributed by atoms with van der Waals surface area (Å²) >= 11 is 0. The number of hydrogen-bond acceptors (Lipinski definition) is 5. The fraction of sp³-hybridized carbons (Fsp3) is 0.154. The molecule has 0 unspecified atom stereocenters. The second kappa shape index (κ2) is 11.1. The quantitative estimate of drug-likeness (QED) is 0.133. The lowest BCUT2D eigenvalue weighted by Crippen LogP contribution is -2.11. The van der Waals surface area contributed by atoms with Crippen LogP contribution in [0.5, 0.6) is 0 Å². The van der Waals surface area contributed by atoms with Crippen LogP contribution in [-0.2, 0) is 17.1 Å². The molecule has 0 atom stereocenters. The van der Waals surface area contributed by atoms with Crippen molar-refractivity contribution in [3.8, 4) is 22.8 Å². The van der Waals surface area contributed by atoms with Crippen LogP contribution in [0.3, 0.4) is 0 Å². The second-order valence-electron chi connectivity index (χ2n) is 8.54. The summed E-state index contributed by atoms with van der Waals surface area (Å²) in [6.07, 6.45) is -2.65. The SMILES string of the molecule is CN(C)C=NC(=O)/C(=C/n1nc(-c2ccc(C(F)(F)F)cc2)nc1-c1ccc(C(F)(F)F)cc1)c1cncnc1. The highest BCUT2D eigenvalue weighted by Gasteiger charge is 2.31. The summed E-state index contributed by atoms with van der Waals surface area (Å²) in [5.74, 6) is -0.733. The van der Waals surface area contributed by atoms with Crippen LogP contribution in [0.1, 0.15) is 16.7 Å². The van der Waals surface area contributed by atoms with E-state index < -0.39 is 29.4 Å². The lowest BCUT2D eigenvalue weighted by molar-refractivity contribution is -0.138. The first-order valence-corrected chi connectivity index (χ1v) is 11.4. The van der Waals surface area contributed by atoms with E-state index in [9.17, 15) is 31.1 Å². The van der Waals surface area contributed by atoms with Crippen molar-refractivity contribution in [2.75, 3.05) is 14.1 Å². The third-order valence-corrected chi connectivity index (χ3v) is 5.33. The van der Waals surface area contributed by atoms with E-state index >= 15 is 0 Å². The summed E-state index contributed by atoms with van der Waals surface area (Å²) in [7, 11) is 3.31. The van der Waals surface area contributed by atoms with E-state index in [0.29, 0.717) is 0 Å². The molecule has 0 saturated heterocycles. The molecule has 0 aliphatic rings. The number of nitrogens with zero attached hydrogens (tertiary/aromatic N) is 7. The monoisotopic (exact) mass is 559 g/mol. The molecule has 0 bridgehead atoms. The Morgan fingerprint density at radius 1 is 0.850 bits per heavy atom. The zero-order valence-electron chi connectivity index (χ0n) is 20.8. The van der Waals surface area contributed by atoms with Gasteiger partial charge in [0.05, 0.1) is 23.0 Å². The molecule has 4 aromatic rings. The third kappa shape index (κ3) is 6.57. The second-order valence-corrected chi connectivity index (χ2v) is 8.54. The Morgan fingerprint density at radius 2 is 1.38 bits per heavy atom. The van der Waals surface area contributed by atoms with Crippen molar-refractivity contribution in [1.82, 2.24) is 29.6 Å². The topological polar surface area (TPSA) is 89.2 Å². The van der Waals surface area contributed by atoms with Gasteiger partial charge in [0.15, 0.2) is 11.6 Å². The lowest BCUT2D eigenvalue weighted by Gasteiger charge is -2.08. The molecule has 0 radical (unpaired) electrons. The van der Waals surface area contributed by atoms with Crippen LogP contribution in [0.2, 0.25) is 0 Å². The number of hydrogen-bond donors (Lipinski definition) is 0. The zero-order valence-corrected chi connectivity index (χ0v) is 20.8. The van der Waals surface area contributed by atoms with Crippen LogP contribution >= 0.6 is 0 Å². The number of aromatic nitrogens is 5. The number of aliphatic imine (C=N–C) groups is 1. The van der Waals surface area contributed by atoms with Crippen molar-refractivity contribution in [1.29, 1.82) is 0 Å². The largest absolute Gasteiger partial charge is 0.416 e. The van der Waals surface area contributed by atoms with Gasteiger partial charge >= 0.3 is 12.4 Å². The van der Waals surface area contributed by atoms with E-state index in [1.165, 1.54) is 60.4 Å². The Bertz CT molecular complexity index is 1540. The van der Waals surface area contributed by atoms with Crippen molar-refractivity contribution >= 4 is 24.0 Å². The standard InChI is InChI=1S/C26H19F6N7O/c1-38(2)15-35-24(40)21(18-11-33-14-34-12-18)13-39-23(17-5-9-20(10-6-17)26(30,31)32)36-22(37-39)16-3-7-19(8-4-16)25(27,28)29/h3-15H,1-2H3/b21-13+,35-15?. The van der Waals surface area contributed by atoms with Gasteiger partial charge in [0.25, 0.3) is 5.91 Å². The number of carbonyl (C=O) groups is 1. The van der Waals surface area contributed by atoms with Gasteiger partial charge < -0.3 is 4.90 Å². The summed E-state index contributed by atoms with van der Waals surface area (Å²) in [5.41, 5.74) is -1.15. The number of halogens is 6. The Labute approximate surface area is 223 Å². The first-order valence-electron chi connectivity index (χ1n) is 11.4. The average molecular weight is 559 g/mol. The van der Waals surface area contributed by atoms with E-state index in [4.69, 9.17) is 0 Å². The molecular formula is C26H19F6N7O. The highest BCUT2D eigenvalue weighted by Crippen LogP contribution is 2.33. The van der Waals surface area contributed by atoms with Gasteiger partial charge in [-0.15, -0.1) is 5.10 Å². The van der Waals surface area contributed by atoms with Crippen molar-refractivity contribution in [3.63, 3.8) is 0 Å². The van der Waals surface area contributed by atoms with E-state index in [1.807, 2.05) is 0 Å². The Balaban J connectivity index is 1.88. The van der Waals surface area contributed by atoms with Gasteiger partial charge in [-0.1, -0.05) is 24.3 Å². The maximum Gasteiger partial charge on any atom is 0.416 e. The first-order chi connectivity index (χ1) is 18.8. The lowest BCUT2D eigenvalue weighted by atomic mass is 10.1. The van der Waals surface area contributed by atoms with Gasteiger partial charge in [0, 0.05) is 49.4 Å². The first kappa shape index (κ1) is 28.1. The molecule has 0 saturated carbocycles.